The Bertz CT molecular complexity index is 639. The third kappa shape index (κ3) is 3.64. The molecule has 1 aromatic heterocycles. The van der Waals surface area contributed by atoms with Crippen molar-refractivity contribution in [3.63, 3.8) is 0 Å². The van der Waals surface area contributed by atoms with Crippen LogP contribution in [-0.2, 0) is 6.54 Å². The standard InChI is InChI=1S/C17H18ClN3O/c18-16-5-1-4-15(11-16)17(22)21-9-7-20(8-10-21)13-14-3-2-6-19-12-14/h1-6,11-12H,7-10,13H2/p+2. The predicted octanol–water partition coefficient (Wildman–Crippen LogP) is 0.695. The third-order valence-electron chi connectivity index (χ3n) is 4.05. The number of rotatable bonds is 3. The van der Waals surface area contributed by atoms with Gasteiger partial charge in [-0.3, -0.25) is 4.79 Å². The van der Waals surface area contributed by atoms with Crippen LogP contribution in [0.4, 0.5) is 0 Å². The Balaban J connectivity index is 1.56. The van der Waals surface area contributed by atoms with Crippen molar-refractivity contribution in [2.75, 3.05) is 26.2 Å². The van der Waals surface area contributed by atoms with Gasteiger partial charge in [-0.25, -0.2) is 4.98 Å². The maximum Gasteiger partial charge on any atom is 0.254 e. The first-order valence-electron chi connectivity index (χ1n) is 7.56. The minimum Gasteiger partial charge on any atom is -0.328 e. The summed E-state index contributed by atoms with van der Waals surface area (Å²) in [6.07, 6.45) is 3.96. The van der Waals surface area contributed by atoms with Crippen LogP contribution in [0.3, 0.4) is 0 Å². The molecule has 1 aliphatic rings. The molecular formula is C17H20ClN3O+2. The smallest absolute Gasteiger partial charge is 0.254 e. The van der Waals surface area contributed by atoms with Gasteiger partial charge in [-0.05, 0) is 24.3 Å². The van der Waals surface area contributed by atoms with Gasteiger partial charge in [-0.2, -0.15) is 0 Å². The SMILES string of the molecule is O=C(c1cccc(Cl)c1)N1CC[NH+](Cc2ccc[nH+]c2)CC1. The zero-order valence-electron chi connectivity index (χ0n) is 12.4. The molecule has 1 fully saturated rings. The van der Waals surface area contributed by atoms with Crippen LogP contribution in [0.1, 0.15) is 15.9 Å². The predicted molar refractivity (Wildman–Crippen MR) is 84.8 cm³/mol. The van der Waals surface area contributed by atoms with E-state index in [0.717, 1.165) is 32.7 Å². The van der Waals surface area contributed by atoms with Gasteiger partial charge in [0.25, 0.3) is 5.91 Å². The maximum absolute atomic E-state index is 12.5. The first kappa shape index (κ1) is 15.0. The van der Waals surface area contributed by atoms with E-state index in [1.165, 1.54) is 10.5 Å². The minimum absolute atomic E-state index is 0.0783. The van der Waals surface area contributed by atoms with Crippen LogP contribution in [0.25, 0.3) is 0 Å². The molecule has 1 aliphatic heterocycles. The fraction of sp³-hybridized carbons (Fsp3) is 0.294. The van der Waals surface area contributed by atoms with E-state index in [9.17, 15) is 4.79 Å². The Kier molecular flexibility index (Phi) is 4.71. The monoisotopic (exact) mass is 317 g/mol. The molecular weight excluding hydrogens is 298 g/mol. The number of nitrogens with zero attached hydrogens (tertiary/aromatic N) is 1. The molecule has 3 rings (SSSR count). The van der Waals surface area contributed by atoms with Crippen molar-refractivity contribution in [2.24, 2.45) is 0 Å². The van der Waals surface area contributed by atoms with Gasteiger partial charge in [0.2, 0.25) is 0 Å². The molecule has 4 nitrogen and oxygen atoms in total. The number of benzene rings is 1. The largest absolute Gasteiger partial charge is 0.328 e. The number of hydrogen-bond acceptors (Lipinski definition) is 1. The second-order valence-electron chi connectivity index (χ2n) is 5.64. The molecule has 22 heavy (non-hydrogen) atoms. The summed E-state index contributed by atoms with van der Waals surface area (Å²) in [5, 5.41) is 0.607. The van der Waals surface area contributed by atoms with Crippen LogP contribution in [0, 0.1) is 0 Å². The van der Waals surface area contributed by atoms with Gasteiger partial charge in [-0.1, -0.05) is 17.7 Å². The van der Waals surface area contributed by atoms with Crippen molar-refractivity contribution in [2.45, 2.75) is 6.54 Å². The number of aromatic nitrogens is 1. The van der Waals surface area contributed by atoms with E-state index >= 15 is 0 Å². The summed E-state index contributed by atoms with van der Waals surface area (Å²) < 4.78 is 0. The topological polar surface area (TPSA) is 38.9 Å². The first-order chi connectivity index (χ1) is 10.7. The number of H-pyrrole nitrogens is 1. The van der Waals surface area contributed by atoms with Gasteiger partial charge in [0.15, 0.2) is 12.4 Å². The van der Waals surface area contributed by atoms with Crippen LogP contribution >= 0.6 is 11.6 Å². The van der Waals surface area contributed by atoms with Gasteiger partial charge in [-0.15, -0.1) is 0 Å². The van der Waals surface area contributed by atoms with Crippen molar-refractivity contribution >= 4 is 17.5 Å². The summed E-state index contributed by atoms with van der Waals surface area (Å²) in [5.41, 5.74) is 1.97. The summed E-state index contributed by atoms with van der Waals surface area (Å²) in [5.74, 6) is 0.0783. The number of hydrogen-bond donors (Lipinski definition) is 1. The van der Waals surface area contributed by atoms with Crippen molar-refractivity contribution in [1.29, 1.82) is 0 Å². The Morgan fingerprint density at radius 2 is 2.05 bits per heavy atom. The number of halogens is 1. The average Bonchev–Trinajstić information content (AvgIpc) is 2.56. The van der Waals surface area contributed by atoms with Crippen molar-refractivity contribution < 1.29 is 14.7 Å². The number of aromatic amines is 1. The van der Waals surface area contributed by atoms with Gasteiger partial charge < -0.3 is 9.80 Å². The maximum atomic E-state index is 12.5. The molecule has 1 saturated heterocycles. The number of carbonyl (C=O) groups excluding carboxylic acids is 1. The van der Waals surface area contributed by atoms with Crippen LogP contribution in [-0.4, -0.2) is 37.0 Å². The highest BCUT2D eigenvalue weighted by Crippen LogP contribution is 2.12. The van der Waals surface area contributed by atoms with Crippen LogP contribution in [0.15, 0.2) is 48.8 Å². The number of amides is 1. The van der Waals surface area contributed by atoms with Crippen LogP contribution < -0.4 is 9.88 Å². The van der Waals surface area contributed by atoms with Crippen molar-refractivity contribution in [3.8, 4) is 0 Å². The molecule has 2 heterocycles. The highest BCUT2D eigenvalue weighted by atomic mass is 35.5. The van der Waals surface area contributed by atoms with Gasteiger partial charge in [0.1, 0.15) is 6.54 Å². The van der Waals surface area contributed by atoms with Gasteiger partial charge in [0.05, 0.1) is 31.7 Å². The highest BCUT2D eigenvalue weighted by molar-refractivity contribution is 6.30. The Hall–Kier alpha value is -1.91. The summed E-state index contributed by atoms with van der Waals surface area (Å²) in [6, 6.07) is 11.3. The third-order valence-corrected chi connectivity index (χ3v) is 4.29. The first-order valence-corrected chi connectivity index (χ1v) is 7.93. The fourth-order valence-electron chi connectivity index (χ4n) is 2.84. The molecule has 0 unspecified atom stereocenters. The van der Waals surface area contributed by atoms with E-state index in [0.29, 0.717) is 10.6 Å². The quantitative estimate of drug-likeness (QED) is 0.889. The molecule has 2 N–H and O–H groups in total. The molecule has 5 heteroatoms. The van der Waals surface area contributed by atoms with E-state index in [1.54, 1.807) is 12.1 Å². The van der Waals surface area contributed by atoms with Crippen molar-refractivity contribution in [1.82, 2.24) is 4.90 Å². The lowest BCUT2D eigenvalue weighted by Gasteiger charge is -2.32. The van der Waals surface area contributed by atoms with Gasteiger partial charge >= 0.3 is 0 Å². The summed E-state index contributed by atoms with van der Waals surface area (Å²) in [4.78, 5) is 19.0. The molecule has 114 valence electrons. The zero-order valence-corrected chi connectivity index (χ0v) is 13.1. The molecule has 1 amide bonds. The Morgan fingerprint density at radius 3 is 2.73 bits per heavy atom. The van der Waals surface area contributed by atoms with E-state index in [4.69, 9.17) is 11.6 Å². The molecule has 0 spiro atoms. The van der Waals surface area contributed by atoms with Gasteiger partial charge in [0, 0.05) is 16.7 Å². The van der Waals surface area contributed by atoms with E-state index in [1.807, 2.05) is 35.5 Å². The summed E-state index contributed by atoms with van der Waals surface area (Å²) >= 11 is 5.96. The molecule has 0 radical (unpaired) electrons. The summed E-state index contributed by atoms with van der Waals surface area (Å²) in [6.45, 7) is 4.52. The molecule has 0 saturated carbocycles. The Morgan fingerprint density at radius 1 is 1.23 bits per heavy atom. The lowest BCUT2D eigenvalue weighted by Crippen LogP contribution is -3.13. The normalized spacial score (nSPS) is 15.8. The minimum atomic E-state index is 0.0783. The van der Waals surface area contributed by atoms with E-state index in [2.05, 4.69) is 11.1 Å². The molecule has 2 aromatic rings. The number of quaternary nitrogens is 1. The van der Waals surface area contributed by atoms with Crippen LogP contribution in [0.2, 0.25) is 5.02 Å². The lowest BCUT2D eigenvalue weighted by molar-refractivity contribution is -0.917. The highest BCUT2D eigenvalue weighted by Gasteiger charge is 2.24. The van der Waals surface area contributed by atoms with Crippen molar-refractivity contribution in [3.05, 3.63) is 64.9 Å². The number of pyridine rings is 1. The summed E-state index contributed by atoms with van der Waals surface area (Å²) in [7, 11) is 0. The molecule has 1 aromatic carbocycles. The molecule has 0 aliphatic carbocycles. The van der Waals surface area contributed by atoms with E-state index < -0.39 is 0 Å². The number of piperazine rings is 1. The van der Waals surface area contributed by atoms with E-state index in [-0.39, 0.29) is 5.91 Å². The zero-order chi connectivity index (χ0) is 15.4. The average molecular weight is 318 g/mol. The second-order valence-corrected chi connectivity index (χ2v) is 6.08. The number of carbonyl (C=O) groups is 1. The fourth-order valence-corrected chi connectivity index (χ4v) is 3.03. The molecule has 0 bridgehead atoms. The Labute approximate surface area is 135 Å². The number of nitrogens with one attached hydrogen (secondary N) is 2. The second kappa shape index (κ2) is 6.90. The lowest BCUT2D eigenvalue weighted by atomic mass is 10.1. The molecule has 0 atom stereocenters. The van der Waals surface area contributed by atoms with Crippen LogP contribution in [0.5, 0.6) is 0 Å².